The van der Waals surface area contributed by atoms with Crippen LogP contribution in [0.25, 0.3) is 0 Å². The van der Waals surface area contributed by atoms with Gasteiger partial charge in [-0.15, -0.1) is 0 Å². The Bertz CT molecular complexity index is 341. The number of carbonyl (C=O) groups is 1. The summed E-state index contributed by atoms with van der Waals surface area (Å²) < 4.78 is 9.95. The summed E-state index contributed by atoms with van der Waals surface area (Å²) in [6.45, 7) is 0. The van der Waals surface area contributed by atoms with Gasteiger partial charge < -0.3 is 9.16 Å². The van der Waals surface area contributed by atoms with Crippen LogP contribution < -0.4 is 4.43 Å². The molecule has 0 aliphatic heterocycles. The third kappa shape index (κ3) is 2.16. The van der Waals surface area contributed by atoms with Crippen LogP contribution in [0.15, 0.2) is 18.2 Å². The number of hydrogen-bond donors (Lipinski definition) is 0. The van der Waals surface area contributed by atoms with E-state index in [4.69, 9.17) is 4.43 Å². The van der Waals surface area contributed by atoms with E-state index in [0.29, 0.717) is 21.4 Å². The van der Waals surface area contributed by atoms with E-state index in [1.165, 1.54) is 7.11 Å². The third-order valence-electron chi connectivity index (χ3n) is 1.89. The average Bonchev–Trinajstić information content (AvgIpc) is 2.26. The fraction of sp³-hybridized carbons (Fsp3) is 0.222. The molecule has 0 N–H and O–H groups in total. The van der Waals surface area contributed by atoms with Gasteiger partial charge in [0.25, 0.3) is 0 Å². The summed E-state index contributed by atoms with van der Waals surface area (Å²) in [5.41, 5.74) is 1.40. The minimum absolute atomic E-state index is 0.333. The fourth-order valence-corrected chi connectivity index (χ4v) is 2.16. The van der Waals surface area contributed by atoms with Gasteiger partial charge in [-0.1, -0.05) is 22.0 Å². The van der Waals surface area contributed by atoms with Crippen molar-refractivity contribution in [3.05, 3.63) is 29.3 Å². The first-order valence-electron chi connectivity index (χ1n) is 4.04. The van der Waals surface area contributed by atoms with Gasteiger partial charge in [0, 0.05) is 10.9 Å². The van der Waals surface area contributed by atoms with E-state index in [1.807, 2.05) is 6.07 Å². The predicted octanol–water partition coefficient (Wildman–Crippen LogP) is 1.03. The highest BCUT2D eigenvalue weighted by molar-refractivity contribution is 9.08. The predicted molar refractivity (Wildman–Crippen MR) is 61.0 cm³/mol. The molecule has 0 aromatic heterocycles. The lowest BCUT2D eigenvalue weighted by atomic mass is 10.1. The molecule has 0 radical (unpaired) electrons. The summed E-state index contributed by atoms with van der Waals surface area (Å²) in [6, 6.07) is 5.36. The minimum Gasteiger partial charge on any atom is -0.553 e. The van der Waals surface area contributed by atoms with Crippen molar-refractivity contribution in [2.45, 2.75) is 5.33 Å². The molecule has 0 amide bonds. The standard InChI is InChI=1S/C9H11BrO3Si/c1-12-9(11)6-3-2-4-8(13-14)7(6)5-10/h2-4H,5H2,1,14H3. The Kier molecular flexibility index (Phi) is 4.15. The lowest BCUT2D eigenvalue weighted by molar-refractivity contribution is 0.0599. The molecular weight excluding hydrogens is 264 g/mol. The van der Waals surface area contributed by atoms with Crippen molar-refractivity contribution < 1.29 is 14.0 Å². The van der Waals surface area contributed by atoms with Crippen LogP contribution in [0.3, 0.4) is 0 Å². The number of methoxy groups -OCH3 is 1. The van der Waals surface area contributed by atoms with Crippen LogP contribution in [-0.4, -0.2) is 23.6 Å². The fourth-order valence-electron chi connectivity index (χ4n) is 1.20. The maximum absolute atomic E-state index is 11.4. The van der Waals surface area contributed by atoms with Crippen LogP contribution in [0, 0.1) is 0 Å². The first-order valence-corrected chi connectivity index (χ1v) is 5.98. The maximum atomic E-state index is 11.4. The van der Waals surface area contributed by atoms with Crippen molar-refractivity contribution in [3.8, 4) is 5.75 Å². The normalized spacial score (nSPS) is 9.86. The zero-order valence-electron chi connectivity index (χ0n) is 8.04. The number of hydrogen-bond acceptors (Lipinski definition) is 3. The Morgan fingerprint density at radius 1 is 1.57 bits per heavy atom. The van der Waals surface area contributed by atoms with Gasteiger partial charge in [-0.25, -0.2) is 4.79 Å². The van der Waals surface area contributed by atoms with E-state index >= 15 is 0 Å². The molecular formula is C9H11BrO3Si. The molecule has 0 spiro atoms. The molecule has 0 saturated heterocycles. The second-order valence-corrected chi connectivity index (χ2v) is 3.58. The second-order valence-electron chi connectivity index (χ2n) is 2.61. The molecule has 1 aromatic carbocycles. The van der Waals surface area contributed by atoms with Gasteiger partial charge in [0.1, 0.15) is 5.75 Å². The summed E-state index contributed by atoms with van der Waals surface area (Å²) in [5, 5.41) is 0.579. The number of halogens is 1. The van der Waals surface area contributed by atoms with Crippen molar-refractivity contribution >= 4 is 32.4 Å². The van der Waals surface area contributed by atoms with Gasteiger partial charge >= 0.3 is 5.97 Å². The summed E-state index contributed by atoms with van der Waals surface area (Å²) in [5.74, 6) is 0.413. The molecule has 1 aromatic rings. The molecule has 0 unspecified atom stereocenters. The van der Waals surface area contributed by atoms with Crippen molar-refractivity contribution in [1.82, 2.24) is 0 Å². The van der Waals surface area contributed by atoms with Crippen LogP contribution >= 0.6 is 15.9 Å². The summed E-state index contributed by atoms with van der Waals surface area (Å²) >= 11 is 3.33. The highest BCUT2D eigenvalue weighted by atomic mass is 79.9. The molecule has 0 atom stereocenters. The Hall–Kier alpha value is -0.813. The van der Waals surface area contributed by atoms with Crippen molar-refractivity contribution in [3.63, 3.8) is 0 Å². The zero-order chi connectivity index (χ0) is 10.6. The monoisotopic (exact) mass is 274 g/mol. The lowest BCUT2D eigenvalue weighted by Gasteiger charge is -2.10. The average molecular weight is 275 g/mol. The Morgan fingerprint density at radius 3 is 2.79 bits per heavy atom. The molecule has 0 aliphatic carbocycles. The van der Waals surface area contributed by atoms with Crippen LogP contribution in [0.1, 0.15) is 15.9 Å². The van der Waals surface area contributed by atoms with Gasteiger partial charge in [-0.3, -0.25) is 0 Å². The Labute approximate surface area is 94.1 Å². The maximum Gasteiger partial charge on any atom is 0.338 e. The number of rotatable bonds is 3. The van der Waals surface area contributed by atoms with Gasteiger partial charge in [-0.2, -0.15) is 0 Å². The smallest absolute Gasteiger partial charge is 0.338 e. The van der Waals surface area contributed by atoms with E-state index in [2.05, 4.69) is 20.7 Å². The molecule has 0 fully saturated rings. The quantitative estimate of drug-likeness (QED) is 0.469. The van der Waals surface area contributed by atoms with Crippen LogP contribution in [0.2, 0.25) is 0 Å². The van der Waals surface area contributed by atoms with Crippen LogP contribution in [0.5, 0.6) is 5.75 Å². The minimum atomic E-state index is -0.333. The molecule has 76 valence electrons. The largest absolute Gasteiger partial charge is 0.553 e. The van der Waals surface area contributed by atoms with E-state index in [0.717, 1.165) is 11.3 Å². The topological polar surface area (TPSA) is 35.5 Å². The zero-order valence-corrected chi connectivity index (χ0v) is 11.6. The Balaban J connectivity index is 3.21. The molecule has 1 rings (SSSR count). The molecule has 0 aliphatic rings. The highest BCUT2D eigenvalue weighted by Gasteiger charge is 2.13. The number of carbonyl (C=O) groups excluding carboxylic acids is 1. The van der Waals surface area contributed by atoms with Crippen LogP contribution in [-0.2, 0) is 10.1 Å². The van der Waals surface area contributed by atoms with E-state index < -0.39 is 0 Å². The molecule has 0 heterocycles. The number of ether oxygens (including phenoxy) is 1. The third-order valence-corrected chi connectivity index (χ3v) is 2.89. The van der Waals surface area contributed by atoms with Crippen LogP contribution in [0.4, 0.5) is 0 Å². The number of benzene rings is 1. The van der Waals surface area contributed by atoms with Crippen molar-refractivity contribution in [2.24, 2.45) is 0 Å². The molecule has 0 saturated carbocycles. The second kappa shape index (κ2) is 5.16. The number of esters is 1. The highest BCUT2D eigenvalue weighted by Crippen LogP contribution is 2.24. The van der Waals surface area contributed by atoms with E-state index in [9.17, 15) is 4.79 Å². The molecule has 3 nitrogen and oxygen atoms in total. The Morgan fingerprint density at radius 2 is 2.29 bits per heavy atom. The molecule has 0 bridgehead atoms. The number of alkyl halides is 1. The first kappa shape index (κ1) is 11.3. The van der Waals surface area contributed by atoms with Gasteiger partial charge in [-0.05, 0) is 12.1 Å². The van der Waals surface area contributed by atoms with Crippen molar-refractivity contribution in [1.29, 1.82) is 0 Å². The SMILES string of the molecule is COC(=O)c1cccc(O[SiH3])c1CBr. The molecule has 5 heteroatoms. The first-order chi connectivity index (χ1) is 6.74. The van der Waals surface area contributed by atoms with Gasteiger partial charge in [0.05, 0.1) is 12.7 Å². The van der Waals surface area contributed by atoms with E-state index in [1.54, 1.807) is 12.1 Å². The van der Waals surface area contributed by atoms with Gasteiger partial charge in [0.2, 0.25) is 10.5 Å². The summed E-state index contributed by atoms with van der Waals surface area (Å²) in [7, 11) is 1.97. The lowest BCUT2D eigenvalue weighted by Crippen LogP contribution is -2.06. The van der Waals surface area contributed by atoms with Gasteiger partial charge in [0.15, 0.2) is 0 Å². The summed E-state index contributed by atoms with van der Waals surface area (Å²) in [4.78, 5) is 11.4. The van der Waals surface area contributed by atoms with Crippen molar-refractivity contribution in [2.75, 3.05) is 7.11 Å². The molecule has 14 heavy (non-hydrogen) atoms. The summed E-state index contributed by atoms with van der Waals surface area (Å²) in [6.07, 6.45) is 0. The van der Waals surface area contributed by atoms with E-state index in [-0.39, 0.29) is 5.97 Å².